The summed E-state index contributed by atoms with van der Waals surface area (Å²) in [5, 5.41) is 0. The van der Waals surface area contributed by atoms with E-state index in [9.17, 15) is 12.8 Å². The minimum absolute atomic E-state index is 0.0785. The van der Waals surface area contributed by atoms with Gasteiger partial charge in [-0.05, 0) is 18.2 Å². The number of nitrogens with one attached hydrogen (secondary N) is 1. The second-order valence-corrected chi connectivity index (χ2v) is 7.00. The van der Waals surface area contributed by atoms with Gasteiger partial charge >= 0.3 is 0 Å². The van der Waals surface area contributed by atoms with E-state index in [2.05, 4.69) is 4.72 Å². The maximum atomic E-state index is 13.4. The summed E-state index contributed by atoms with van der Waals surface area (Å²) in [6.07, 6.45) is 0. The predicted octanol–water partition coefficient (Wildman–Crippen LogP) is 1.82. The zero-order valence-electron chi connectivity index (χ0n) is 9.97. The SMILES string of the molecule is NCc1ccc(S(=O)(=O)NCc2ccccc2F)s1. The highest BCUT2D eigenvalue weighted by molar-refractivity contribution is 7.91. The van der Waals surface area contributed by atoms with Gasteiger partial charge in [-0.3, -0.25) is 0 Å². The van der Waals surface area contributed by atoms with Crippen LogP contribution in [0.4, 0.5) is 4.39 Å². The molecule has 2 aromatic rings. The molecule has 0 aliphatic rings. The predicted molar refractivity (Wildman–Crippen MR) is 72.6 cm³/mol. The van der Waals surface area contributed by atoms with E-state index in [-0.39, 0.29) is 10.8 Å². The lowest BCUT2D eigenvalue weighted by Crippen LogP contribution is -2.22. The molecular formula is C12H13FN2O2S2. The van der Waals surface area contributed by atoms with Gasteiger partial charge in [-0.1, -0.05) is 18.2 Å². The molecule has 0 aliphatic carbocycles. The van der Waals surface area contributed by atoms with Gasteiger partial charge < -0.3 is 5.73 Å². The zero-order chi connectivity index (χ0) is 13.9. The molecule has 0 unspecified atom stereocenters. The van der Waals surface area contributed by atoms with Crippen LogP contribution in [0.2, 0.25) is 0 Å². The lowest BCUT2D eigenvalue weighted by atomic mass is 10.2. The van der Waals surface area contributed by atoms with Gasteiger partial charge in [0.05, 0.1) is 0 Å². The van der Waals surface area contributed by atoms with E-state index in [4.69, 9.17) is 5.73 Å². The van der Waals surface area contributed by atoms with Crippen LogP contribution in [-0.2, 0) is 23.1 Å². The minimum Gasteiger partial charge on any atom is -0.326 e. The van der Waals surface area contributed by atoms with Crippen molar-refractivity contribution < 1.29 is 12.8 Å². The van der Waals surface area contributed by atoms with Gasteiger partial charge in [-0.2, -0.15) is 0 Å². The van der Waals surface area contributed by atoms with E-state index in [1.54, 1.807) is 18.2 Å². The van der Waals surface area contributed by atoms with Gasteiger partial charge in [0.15, 0.2) is 0 Å². The maximum Gasteiger partial charge on any atom is 0.250 e. The summed E-state index contributed by atoms with van der Waals surface area (Å²) in [5.41, 5.74) is 5.74. The molecule has 1 aromatic carbocycles. The molecule has 3 N–H and O–H groups in total. The Morgan fingerprint density at radius 1 is 1.21 bits per heavy atom. The lowest BCUT2D eigenvalue weighted by molar-refractivity contribution is 0.576. The molecule has 0 saturated heterocycles. The van der Waals surface area contributed by atoms with E-state index in [1.165, 1.54) is 18.2 Å². The van der Waals surface area contributed by atoms with Crippen LogP contribution >= 0.6 is 11.3 Å². The van der Waals surface area contributed by atoms with Gasteiger partial charge in [0.25, 0.3) is 0 Å². The van der Waals surface area contributed by atoms with E-state index < -0.39 is 15.8 Å². The second-order valence-electron chi connectivity index (χ2n) is 3.84. The monoisotopic (exact) mass is 300 g/mol. The van der Waals surface area contributed by atoms with Gasteiger partial charge in [0.2, 0.25) is 10.0 Å². The Morgan fingerprint density at radius 2 is 1.95 bits per heavy atom. The van der Waals surface area contributed by atoms with Crippen LogP contribution in [0.25, 0.3) is 0 Å². The Balaban J connectivity index is 2.12. The van der Waals surface area contributed by atoms with Crippen molar-refractivity contribution in [3.05, 3.63) is 52.7 Å². The number of benzene rings is 1. The third kappa shape index (κ3) is 3.38. The molecule has 1 heterocycles. The average Bonchev–Trinajstić information content (AvgIpc) is 2.87. The van der Waals surface area contributed by atoms with Crippen LogP contribution in [0.5, 0.6) is 0 Å². The molecular weight excluding hydrogens is 287 g/mol. The van der Waals surface area contributed by atoms with Gasteiger partial charge in [-0.15, -0.1) is 11.3 Å². The van der Waals surface area contributed by atoms with E-state index >= 15 is 0 Å². The van der Waals surface area contributed by atoms with Crippen LogP contribution in [0.1, 0.15) is 10.4 Å². The molecule has 102 valence electrons. The third-order valence-corrected chi connectivity index (χ3v) is 5.51. The van der Waals surface area contributed by atoms with Crippen molar-refractivity contribution in [3.63, 3.8) is 0 Å². The summed E-state index contributed by atoms with van der Waals surface area (Å²) in [6.45, 7) is 0.221. The van der Waals surface area contributed by atoms with Crippen LogP contribution < -0.4 is 10.5 Å². The molecule has 0 radical (unpaired) electrons. The van der Waals surface area contributed by atoms with E-state index in [0.717, 1.165) is 16.2 Å². The molecule has 2 rings (SSSR count). The van der Waals surface area contributed by atoms with Crippen LogP contribution in [-0.4, -0.2) is 8.42 Å². The zero-order valence-corrected chi connectivity index (χ0v) is 11.6. The van der Waals surface area contributed by atoms with Crippen LogP contribution in [0, 0.1) is 5.82 Å². The van der Waals surface area contributed by atoms with Gasteiger partial charge in [0, 0.05) is 23.5 Å². The summed E-state index contributed by atoms with van der Waals surface area (Å²) < 4.78 is 39.9. The topological polar surface area (TPSA) is 72.2 Å². The summed E-state index contributed by atoms with van der Waals surface area (Å²) in [4.78, 5) is 0.784. The smallest absolute Gasteiger partial charge is 0.250 e. The molecule has 7 heteroatoms. The molecule has 0 saturated carbocycles. The number of thiophene rings is 1. The van der Waals surface area contributed by atoms with Crippen molar-refractivity contribution in [3.8, 4) is 0 Å². The van der Waals surface area contributed by atoms with Crippen molar-refractivity contribution in [2.45, 2.75) is 17.3 Å². The van der Waals surface area contributed by atoms with Crippen molar-refractivity contribution in [2.24, 2.45) is 5.73 Å². The fraction of sp³-hybridized carbons (Fsp3) is 0.167. The van der Waals surface area contributed by atoms with E-state index in [1.807, 2.05) is 0 Å². The molecule has 4 nitrogen and oxygen atoms in total. The Hall–Kier alpha value is -1.28. The second kappa shape index (κ2) is 5.79. The largest absolute Gasteiger partial charge is 0.326 e. The van der Waals surface area contributed by atoms with Crippen molar-refractivity contribution in [1.82, 2.24) is 4.72 Å². The molecule has 0 amide bonds. The molecule has 0 bridgehead atoms. The Labute approximate surface area is 115 Å². The first-order valence-electron chi connectivity index (χ1n) is 5.55. The molecule has 1 aromatic heterocycles. The number of nitrogens with two attached hydrogens (primary N) is 1. The highest BCUT2D eigenvalue weighted by Gasteiger charge is 2.16. The molecule has 0 aliphatic heterocycles. The summed E-state index contributed by atoms with van der Waals surface area (Å²) in [7, 11) is -3.62. The first-order chi connectivity index (χ1) is 9.03. The molecule has 0 atom stereocenters. The minimum atomic E-state index is -3.62. The number of hydrogen-bond donors (Lipinski definition) is 2. The first-order valence-corrected chi connectivity index (χ1v) is 7.85. The van der Waals surface area contributed by atoms with Gasteiger partial charge in [0.1, 0.15) is 10.0 Å². The van der Waals surface area contributed by atoms with Crippen molar-refractivity contribution in [2.75, 3.05) is 0 Å². The first kappa shape index (κ1) is 14.1. The van der Waals surface area contributed by atoms with E-state index in [0.29, 0.717) is 12.1 Å². The van der Waals surface area contributed by atoms with Crippen molar-refractivity contribution >= 4 is 21.4 Å². The molecule has 0 spiro atoms. The molecule has 19 heavy (non-hydrogen) atoms. The Bertz CT molecular complexity index is 668. The fourth-order valence-corrected chi connectivity index (χ4v) is 3.78. The quantitative estimate of drug-likeness (QED) is 0.885. The fourth-order valence-electron chi connectivity index (χ4n) is 1.50. The molecule has 0 fully saturated rings. The maximum absolute atomic E-state index is 13.4. The number of rotatable bonds is 5. The third-order valence-electron chi connectivity index (χ3n) is 2.51. The standard InChI is InChI=1S/C12H13FN2O2S2/c13-11-4-2-1-3-9(11)8-15-19(16,17)12-6-5-10(7-14)18-12/h1-6,15H,7-8,14H2. The van der Waals surface area contributed by atoms with Gasteiger partial charge in [-0.25, -0.2) is 17.5 Å². The average molecular weight is 300 g/mol. The summed E-state index contributed by atoms with van der Waals surface area (Å²) >= 11 is 1.11. The number of hydrogen-bond acceptors (Lipinski definition) is 4. The normalized spacial score (nSPS) is 11.7. The number of sulfonamides is 1. The van der Waals surface area contributed by atoms with Crippen molar-refractivity contribution in [1.29, 1.82) is 0 Å². The highest BCUT2D eigenvalue weighted by atomic mass is 32.2. The summed E-state index contributed by atoms with van der Waals surface area (Å²) in [6, 6.07) is 9.21. The Kier molecular flexibility index (Phi) is 4.31. The summed E-state index contributed by atoms with van der Waals surface area (Å²) in [5.74, 6) is -0.431. The van der Waals surface area contributed by atoms with Crippen LogP contribution in [0.3, 0.4) is 0 Å². The lowest BCUT2D eigenvalue weighted by Gasteiger charge is -2.05. The highest BCUT2D eigenvalue weighted by Crippen LogP contribution is 2.21. The van der Waals surface area contributed by atoms with Crippen LogP contribution in [0.15, 0.2) is 40.6 Å². The number of halogens is 1. The Morgan fingerprint density at radius 3 is 2.58 bits per heavy atom.